The quantitative estimate of drug-likeness (QED) is 0.164. The molecule has 5 heterocycles. The third kappa shape index (κ3) is 5.19. The summed E-state index contributed by atoms with van der Waals surface area (Å²) in [7, 11) is 1.62. The molecule has 13 nitrogen and oxygen atoms in total. The van der Waals surface area contributed by atoms with Crippen LogP contribution in [0.3, 0.4) is 0 Å². The molecule has 0 radical (unpaired) electrons. The zero-order chi connectivity index (χ0) is 32.0. The fraction of sp³-hybridized carbons (Fsp3) is 0.258. The number of carbonyl (C=O) groups is 4. The number of fused-ring (bicyclic) bond motifs is 2. The number of methoxy groups -OCH3 is 1. The van der Waals surface area contributed by atoms with Gasteiger partial charge in [0.15, 0.2) is 0 Å². The Balaban J connectivity index is 1.26. The Morgan fingerprint density at radius 2 is 1.98 bits per heavy atom. The fourth-order valence-corrected chi connectivity index (χ4v) is 5.98. The van der Waals surface area contributed by atoms with Crippen LogP contribution in [0.2, 0.25) is 5.15 Å². The van der Waals surface area contributed by atoms with Crippen molar-refractivity contribution in [2.75, 3.05) is 24.7 Å². The Morgan fingerprint density at radius 3 is 2.73 bits per heavy atom. The highest BCUT2D eigenvalue weighted by atomic mass is 35.5. The van der Waals surface area contributed by atoms with E-state index in [1.807, 2.05) is 18.4 Å². The predicted octanol–water partition coefficient (Wildman–Crippen LogP) is 2.60. The summed E-state index contributed by atoms with van der Waals surface area (Å²) in [6.45, 7) is 4.31. The van der Waals surface area contributed by atoms with Crippen molar-refractivity contribution in [3.05, 3.63) is 69.3 Å². The van der Waals surface area contributed by atoms with Gasteiger partial charge in [-0.2, -0.15) is 4.98 Å². The lowest BCUT2D eigenvalue weighted by molar-refractivity contribution is -0.136. The highest BCUT2D eigenvalue weighted by molar-refractivity contribution is 6.34. The molecule has 0 saturated carbocycles. The first-order valence-electron chi connectivity index (χ1n) is 14.0. The smallest absolute Gasteiger partial charge is 0.264 e. The van der Waals surface area contributed by atoms with Crippen LogP contribution in [0.25, 0.3) is 11.0 Å². The number of nitrogens with two attached hydrogens (primary N) is 1. The molecule has 0 aliphatic carbocycles. The normalized spacial score (nSPS) is 16.0. The molecular formula is C31H27ClN8O5. The van der Waals surface area contributed by atoms with Gasteiger partial charge in [-0.15, -0.1) is 0 Å². The number of amides is 4. The van der Waals surface area contributed by atoms with Crippen molar-refractivity contribution in [2.24, 2.45) is 0 Å². The molecule has 0 spiro atoms. The molecule has 0 bridgehead atoms. The van der Waals surface area contributed by atoms with Gasteiger partial charge in [0, 0.05) is 35.6 Å². The molecule has 2 aliphatic heterocycles. The Hall–Kier alpha value is -5.48. The molecule has 1 aromatic carbocycles. The number of aryl methyl sites for hydroxylation is 1. The summed E-state index contributed by atoms with van der Waals surface area (Å²) in [5, 5.41) is 5.98. The van der Waals surface area contributed by atoms with Gasteiger partial charge in [-0.1, -0.05) is 29.5 Å². The average molecular weight is 627 g/mol. The molecule has 6 rings (SSSR count). The molecule has 4 N–H and O–H groups in total. The average Bonchev–Trinajstić information content (AvgIpc) is 3.47. The molecule has 4 amide bonds. The van der Waals surface area contributed by atoms with Gasteiger partial charge in [0.2, 0.25) is 17.8 Å². The van der Waals surface area contributed by atoms with Crippen molar-refractivity contribution < 1.29 is 23.9 Å². The number of halogens is 1. The van der Waals surface area contributed by atoms with Crippen LogP contribution < -0.4 is 21.1 Å². The molecule has 45 heavy (non-hydrogen) atoms. The Bertz CT molecular complexity index is 2010. The molecule has 14 heteroatoms. The summed E-state index contributed by atoms with van der Waals surface area (Å²) in [4.78, 5) is 64.5. The molecule has 228 valence electrons. The van der Waals surface area contributed by atoms with Crippen LogP contribution in [0.4, 0.5) is 11.6 Å². The number of nitrogen functional groups attached to an aromatic ring is 1. The molecule has 1 saturated heterocycles. The molecule has 1 unspecified atom stereocenters. The Kier molecular flexibility index (Phi) is 7.59. The van der Waals surface area contributed by atoms with Gasteiger partial charge < -0.3 is 20.4 Å². The number of piperidine rings is 1. The third-order valence-electron chi connectivity index (χ3n) is 7.82. The van der Waals surface area contributed by atoms with Crippen LogP contribution in [0.5, 0.6) is 5.75 Å². The highest BCUT2D eigenvalue weighted by Crippen LogP contribution is 2.33. The number of hydrogen-bond acceptors (Lipinski definition) is 10. The first kappa shape index (κ1) is 29.6. The minimum Gasteiger partial charge on any atom is -0.496 e. The number of nitrogens with one attached hydrogen (secondary N) is 2. The number of ether oxygens (including phenoxy) is 1. The molecule has 4 aromatic rings. The number of carbonyl (C=O) groups excluding carboxylic acids is 4. The van der Waals surface area contributed by atoms with Crippen LogP contribution in [-0.2, 0) is 16.1 Å². The van der Waals surface area contributed by atoms with E-state index in [9.17, 15) is 19.2 Å². The van der Waals surface area contributed by atoms with E-state index in [1.54, 1.807) is 31.6 Å². The standard InChI is InChI=1S/C31H27ClN8O5/c1-15-12-35-20(16(2)25(15)45-3)14-39-13-17(23-26(32)37-31(33)38-27(23)39)6-5-11-34-19-8-4-7-18-24(19)30(44)40(29(18)43)21-9-10-22(41)36-28(21)42/h4,7-8,12-13,21,34H,9-11,14H2,1-3H3,(H2,33,37,38)(H,36,41,42). The SMILES string of the molecule is COc1c(C)cnc(Cn2cc(C#CCNc3cccc4c3C(=O)N(C3CCC(=O)NC3=O)C4=O)c3c(Cl)nc(N)nc32)c1C. The van der Waals surface area contributed by atoms with Crippen LogP contribution in [0.1, 0.15) is 55.9 Å². The van der Waals surface area contributed by atoms with Crippen molar-refractivity contribution in [3.63, 3.8) is 0 Å². The van der Waals surface area contributed by atoms with Crippen molar-refractivity contribution >= 4 is 57.9 Å². The van der Waals surface area contributed by atoms with Crippen LogP contribution in [-0.4, -0.2) is 67.7 Å². The van der Waals surface area contributed by atoms with E-state index in [0.29, 0.717) is 28.8 Å². The molecule has 3 aromatic heterocycles. The van der Waals surface area contributed by atoms with Gasteiger partial charge in [-0.3, -0.25) is 34.4 Å². The zero-order valence-electron chi connectivity index (χ0n) is 24.5. The summed E-state index contributed by atoms with van der Waals surface area (Å²) in [6.07, 6.45) is 3.66. The number of benzene rings is 1. The minimum atomic E-state index is -1.05. The number of nitrogens with zero attached hydrogens (tertiary/aromatic N) is 5. The second-order valence-corrected chi connectivity index (χ2v) is 11.0. The summed E-state index contributed by atoms with van der Waals surface area (Å²) < 4.78 is 7.40. The summed E-state index contributed by atoms with van der Waals surface area (Å²) in [5.41, 5.74) is 10.3. The van der Waals surface area contributed by atoms with Gasteiger partial charge >= 0.3 is 0 Å². The van der Waals surface area contributed by atoms with E-state index in [-0.39, 0.29) is 41.6 Å². The maximum atomic E-state index is 13.4. The number of anilines is 2. The number of aromatic nitrogens is 4. The summed E-state index contributed by atoms with van der Waals surface area (Å²) >= 11 is 6.50. The van der Waals surface area contributed by atoms with Crippen LogP contribution in [0.15, 0.2) is 30.6 Å². The van der Waals surface area contributed by atoms with Crippen molar-refractivity contribution in [1.82, 2.24) is 29.7 Å². The second kappa shape index (κ2) is 11.5. The largest absolute Gasteiger partial charge is 0.496 e. The van der Waals surface area contributed by atoms with Gasteiger partial charge in [0.05, 0.1) is 48.0 Å². The van der Waals surface area contributed by atoms with Crippen LogP contribution in [0, 0.1) is 25.7 Å². The predicted molar refractivity (Wildman–Crippen MR) is 165 cm³/mol. The summed E-state index contributed by atoms with van der Waals surface area (Å²) in [5.74, 6) is 4.60. The number of imide groups is 2. The zero-order valence-corrected chi connectivity index (χ0v) is 25.3. The maximum Gasteiger partial charge on any atom is 0.264 e. The minimum absolute atomic E-state index is 0.0164. The first-order valence-corrected chi connectivity index (χ1v) is 14.3. The van der Waals surface area contributed by atoms with Crippen molar-refractivity contribution in [3.8, 4) is 17.6 Å². The van der Waals surface area contributed by atoms with E-state index in [4.69, 9.17) is 22.1 Å². The van der Waals surface area contributed by atoms with E-state index in [2.05, 4.69) is 37.4 Å². The van der Waals surface area contributed by atoms with E-state index in [0.717, 1.165) is 27.5 Å². The second-order valence-electron chi connectivity index (χ2n) is 10.6. The molecule has 2 aliphatic rings. The maximum absolute atomic E-state index is 13.4. The van der Waals surface area contributed by atoms with Gasteiger partial charge in [-0.25, -0.2) is 4.98 Å². The number of hydrogen-bond donors (Lipinski definition) is 3. The van der Waals surface area contributed by atoms with Crippen molar-refractivity contribution in [2.45, 2.75) is 39.3 Å². The lowest BCUT2D eigenvalue weighted by Gasteiger charge is -2.27. The molecular weight excluding hydrogens is 600 g/mol. The van der Waals surface area contributed by atoms with E-state index >= 15 is 0 Å². The topological polar surface area (TPSA) is 174 Å². The highest BCUT2D eigenvalue weighted by Gasteiger charge is 2.45. The van der Waals surface area contributed by atoms with Crippen LogP contribution >= 0.6 is 11.6 Å². The Labute approximate surface area is 262 Å². The lowest BCUT2D eigenvalue weighted by Crippen LogP contribution is -2.54. The van der Waals surface area contributed by atoms with Gasteiger partial charge in [0.25, 0.3) is 11.8 Å². The first-order chi connectivity index (χ1) is 21.6. The number of pyridine rings is 1. The lowest BCUT2D eigenvalue weighted by atomic mass is 10.0. The molecule has 1 atom stereocenters. The monoisotopic (exact) mass is 626 g/mol. The van der Waals surface area contributed by atoms with Gasteiger partial charge in [0.1, 0.15) is 22.6 Å². The fourth-order valence-electron chi connectivity index (χ4n) is 5.71. The van der Waals surface area contributed by atoms with Crippen molar-refractivity contribution in [1.29, 1.82) is 0 Å². The molecule has 1 fully saturated rings. The Morgan fingerprint density at radius 1 is 1.18 bits per heavy atom. The number of rotatable bonds is 6. The third-order valence-corrected chi connectivity index (χ3v) is 8.09. The van der Waals surface area contributed by atoms with Gasteiger partial charge in [-0.05, 0) is 32.4 Å². The van der Waals surface area contributed by atoms with E-state index in [1.165, 1.54) is 6.07 Å². The van der Waals surface area contributed by atoms with E-state index < -0.39 is 29.7 Å². The summed E-state index contributed by atoms with van der Waals surface area (Å²) in [6, 6.07) is 3.77.